The van der Waals surface area contributed by atoms with E-state index in [0.29, 0.717) is 36.7 Å². The van der Waals surface area contributed by atoms with Crippen molar-refractivity contribution in [1.29, 1.82) is 0 Å². The zero-order valence-electron chi connectivity index (χ0n) is 15.0. The van der Waals surface area contributed by atoms with Crippen LogP contribution in [0.2, 0.25) is 5.02 Å². The Bertz CT molecular complexity index is 600. The number of ether oxygens (including phenoxy) is 1. The summed E-state index contributed by atoms with van der Waals surface area (Å²) in [4.78, 5) is 26.5. The molecule has 6 nitrogen and oxygen atoms in total. The van der Waals surface area contributed by atoms with Gasteiger partial charge in [-0.3, -0.25) is 9.59 Å². The summed E-state index contributed by atoms with van der Waals surface area (Å²) >= 11 is 5.93. The molecule has 1 aromatic carbocycles. The standard InChI is InChI=1S/C18H26ClN3O3/c1-13(12-16(23)20-2)22(3)17(24)18(8-10-21-11-9-18)25-15-6-4-14(19)5-7-15/h4-7,13,21H,8-12H2,1-3H3,(H,20,23)/t13-/m0/s1. The third-order valence-corrected chi connectivity index (χ3v) is 4.92. The molecule has 138 valence electrons. The predicted octanol–water partition coefficient (Wildman–Crippen LogP) is 1.82. The lowest BCUT2D eigenvalue weighted by molar-refractivity contribution is -0.151. The van der Waals surface area contributed by atoms with Crippen molar-refractivity contribution in [2.75, 3.05) is 27.2 Å². The van der Waals surface area contributed by atoms with E-state index in [1.807, 2.05) is 6.92 Å². The molecule has 1 heterocycles. The van der Waals surface area contributed by atoms with Gasteiger partial charge in [0.15, 0.2) is 5.60 Å². The first-order valence-corrected chi connectivity index (χ1v) is 8.89. The van der Waals surface area contributed by atoms with Gasteiger partial charge >= 0.3 is 0 Å². The lowest BCUT2D eigenvalue weighted by Gasteiger charge is -2.40. The van der Waals surface area contributed by atoms with Gasteiger partial charge in [0.1, 0.15) is 5.75 Å². The number of hydrogen-bond donors (Lipinski definition) is 2. The molecule has 2 N–H and O–H groups in total. The average Bonchev–Trinajstić information content (AvgIpc) is 2.63. The van der Waals surface area contributed by atoms with E-state index in [0.717, 1.165) is 0 Å². The molecular formula is C18H26ClN3O3. The second-order valence-corrected chi connectivity index (χ2v) is 6.88. The Morgan fingerprint density at radius 2 is 1.92 bits per heavy atom. The maximum Gasteiger partial charge on any atom is 0.266 e. The van der Waals surface area contributed by atoms with Crippen molar-refractivity contribution < 1.29 is 14.3 Å². The SMILES string of the molecule is CNC(=O)C[C@H](C)N(C)C(=O)C1(Oc2ccc(Cl)cc2)CCNCC1. The number of amides is 2. The summed E-state index contributed by atoms with van der Waals surface area (Å²) < 4.78 is 6.17. The van der Waals surface area contributed by atoms with Crippen molar-refractivity contribution in [2.45, 2.75) is 37.8 Å². The highest BCUT2D eigenvalue weighted by Crippen LogP contribution is 2.30. The Kier molecular flexibility index (Phi) is 6.67. The van der Waals surface area contributed by atoms with Crippen LogP contribution in [-0.2, 0) is 9.59 Å². The number of nitrogens with one attached hydrogen (secondary N) is 2. The molecule has 0 aliphatic carbocycles. The number of rotatable bonds is 6. The summed E-state index contributed by atoms with van der Waals surface area (Å²) in [6, 6.07) is 6.82. The quantitative estimate of drug-likeness (QED) is 0.804. The summed E-state index contributed by atoms with van der Waals surface area (Å²) in [5, 5.41) is 6.48. The van der Waals surface area contributed by atoms with E-state index in [2.05, 4.69) is 10.6 Å². The van der Waals surface area contributed by atoms with E-state index < -0.39 is 5.60 Å². The Morgan fingerprint density at radius 1 is 1.32 bits per heavy atom. The number of benzene rings is 1. The van der Waals surface area contributed by atoms with Crippen molar-refractivity contribution in [2.24, 2.45) is 0 Å². The van der Waals surface area contributed by atoms with Crippen molar-refractivity contribution in [1.82, 2.24) is 15.5 Å². The van der Waals surface area contributed by atoms with Gasteiger partial charge in [-0.05, 0) is 44.3 Å². The zero-order chi connectivity index (χ0) is 18.4. The Labute approximate surface area is 153 Å². The van der Waals surface area contributed by atoms with Crippen LogP contribution in [0.25, 0.3) is 0 Å². The largest absolute Gasteiger partial charge is 0.477 e. The van der Waals surface area contributed by atoms with E-state index in [1.54, 1.807) is 43.3 Å². The zero-order valence-corrected chi connectivity index (χ0v) is 15.7. The van der Waals surface area contributed by atoms with Crippen LogP contribution in [0.4, 0.5) is 0 Å². The third-order valence-electron chi connectivity index (χ3n) is 4.67. The summed E-state index contributed by atoms with van der Waals surface area (Å²) in [5.74, 6) is 0.428. The van der Waals surface area contributed by atoms with E-state index >= 15 is 0 Å². The molecule has 7 heteroatoms. The van der Waals surface area contributed by atoms with Crippen LogP contribution in [0.1, 0.15) is 26.2 Å². The van der Waals surface area contributed by atoms with Crippen LogP contribution in [0.5, 0.6) is 5.75 Å². The summed E-state index contributed by atoms with van der Waals surface area (Å²) in [6.45, 7) is 3.28. The third kappa shape index (κ3) is 4.86. The molecule has 0 radical (unpaired) electrons. The Morgan fingerprint density at radius 3 is 2.48 bits per heavy atom. The monoisotopic (exact) mass is 367 g/mol. The van der Waals surface area contributed by atoms with Crippen molar-refractivity contribution in [3.63, 3.8) is 0 Å². The molecule has 1 fully saturated rings. The number of carbonyl (C=O) groups excluding carboxylic acids is 2. The fourth-order valence-electron chi connectivity index (χ4n) is 2.95. The molecule has 0 bridgehead atoms. The summed E-state index contributed by atoms with van der Waals surface area (Å²) in [7, 11) is 3.32. The molecule has 1 saturated heterocycles. The molecule has 0 unspecified atom stereocenters. The molecule has 0 spiro atoms. The lowest BCUT2D eigenvalue weighted by atomic mass is 9.89. The highest BCUT2D eigenvalue weighted by Gasteiger charge is 2.44. The van der Waals surface area contributed by atoms with Crippen LogP contribution < -0.4 is 15.4 Å². The van der Waals surface area contributed by atoms with Gasteiger partial charge < -0.3 is 20.3 Å². The molecule has 0 aromatic heterocycles. The minimum atomic E-state index is -0.926. The Balaban J connectivity index is 2.18. The molecule has 1 aromatic rings. The minimum absolute atomic E-state index is 0.0925. The van der Waals surface area contributed by atoms with Crippen LogP contribution >= 0.6 is 11.6 Å². The van der Waals surface area contributed by atoms with Crippen LogP contribution in [-0.4, -0.2) is 55.5 Å². The maximum absolute atomic E-state index is 13.2. The molecule has 1 aliphatic heterocycles. The predicted molar refractivity (Wildman–Crippen MR) is 97.8 cm³/mol. The second-order valence-electron chi connectivity index (χ2n) is 6.44. The van der Waals surface area contributed by atoms with Crippen LogP contribution in [0, 0.1) is 0 Å². The highest BCUT2D eigenvalue weighted by molar-refractivity contribution is 6.30. The van der Waals surface area contributed by atoms with Crippen molar-refractivity contribution in [3.05, 3.63) is 29.3 Å². The first kappa shape index (κ1) is 19.5. The van der Waals surface area contributed by atoms with Gasteiger partial charge in [-0.2, -0.15) is 0 Å². The molecule has 1 aliphatic rings. The topological polar surface area (TPSA) is 70.7 Å². The maximum atomic E-state index is 13.2. The lowest BCUT2D eigenvalue weighted by Crippen LogP contribution is -2.58. The molecular weight excluding hydrogens is 342 g/mol. The molecule has 0 saturated carbocycles. The van der Waals surface area contributed by atoms with Gasteiger partial charge in [-0.25, -0.2) is 0 Å². The number of halogens is 1. The van der Waals surface area contributed by atoms with Crippen molar-refractivity contribution >= 4 is 23.4 Å². The number of hydrogen-bond acceptors (Lipinski definition) is 4. The normalized spacial score (nSPS) is 17.4. The van der Waals surface area contributed by atoms with Crippen LogP contribution in [0.3, 0.4) is 0 Å². The molecule has 2 amide bonds. The van der Waals surface area contributed by atoms with Gasteiger partial charge in [0.2, 0.25) is 5.91 Å². The fourth-order valence-corrected chi connectivity index (χ4v) is 3.07. The Hall–Kier alpha value is -1.79. The summed E-state index contributed by atoms with van der Waals surface area (Å²) in [6.07, 6.45) is 1.41. The highest BCUT2D eigenvalue weighted by atomic mass is 35.5. The van der Waals surface area contributed by atoms with E-state index in [-0.39, 0.29) is 24.3 Å². The van der Waals surface area contributed by atoms with Gasteiger partial charge in [0, 0.05) is 44.4 Å². The van der Waals surface area contributed by atoms with E-state index in [1.165, 1.54) is 0 Å². The number of piperidine rings is 1. The van der Waals surface area contributed by atoms with Crippen molar-refractivity contribution in [3.8, 4) is 5.75 Å². The first-order valence-electron chi connectivity index (χ1n) is 8.51. The second kappa shape index (κ2) is 8.54. The van der Waals surface area contributed by atoms with E-state index in [4.69, 9.17) is 16.3 Å². The van der Waals surface area contributed by atoms with Crippen LogP contribution in [0.15, 0.2) is 24.3 Å². The molecule has 2 rings (SSSR count). The van der Waals surface area contributed by atoms with Gasteiger partial charge in [-0.1, -0.05) is 11.6 Å². The number of nitrogens with zero attached hydrogens (tertiary/aromatic N) is 1. The fraction of sp³-hybridized carbons (Fsp3) is 0.556. The molecule has 25 heavy (non-hydrogen) atoms. The smallest absolute Gasteiger partial charge is 0.266 e. The van der Waals surface area contributed by atoms with E-state index in [9.17, 15) is 9.59 Å². The minimum Gasteiger partial charge on any atom is -0.477 e. The average molecular weight is 368 g/mol. The number of carbonyl (C=O) groups is 2. The van der Waals surface area contributed by atoms with Gasteiger partial charge in [0.25, 0.3) is 5.91 Å². The van der Waals surface area contributed by atoms with Gasteiger partial charge in [-0.15, -0.1) is 0 Å². The molecule has 1 atom stereocenters. The number of likely N-dealkylation sites (N-methyl/N-ethyl adjacent to an activating group) is 1. The summed E-state index contributed by atoms with van der Waals surface area (Å²) in [5.41, 5.74) is -0.926. The van der Waals surface area contributed by atoms with Gasteiger partial charge in [0.05, 0.1) is 0 Å². The first-order chi connectivity index (χ1) is 11.9.